The van der Waals surface area contributed by atoms with Crippen LogP contribution < -0.4 is 32.7 Å². The van der Waals surface area contributed by atoms with Crippen molar-refractivity contribution >= 4 is 41.8 Å². The third-order valence-corrected chi connectivity index (χ3v) is 10.5. The SMILES string of the molecule is CC(C)(C)OC(=O)C[C@@H](Cc1ccccc1)C(=O)N[C@@H](CCCCNC(=O)OCc1ccccc1)C(N)=O.C[C@@H](Cc1ccccc1)C(=O)N[C@@H](CCCCNC(=O)OCc1ccccc1)C(N)=O. The number of rotatable bonds is 26. The van der Waals surface area contributed by atoms with E-state index in [0.29, 0.717) is 64.5 Å². The average Bonchev–Trinajstić information content (AvgIpc) is 3.32. The Morgan fingerprint density at radius 1 is 0.522 bits per heavy atom. The monoisotopic (exact) mass is 951 g/mol. The molecule has 16 nitrogen and oxygen atoms in total. The van der Waals surface area contributed by atoms with E-state index in [9.17, 15) is 33.6 Å². The van der Waals surface area contributed by atoms with Crippen LogP contribution in [0.4, 0.5) is 9.59 Å². The second-order valence-electron chi connectivity index (χ2n) is 17.7. The van der Waals surface area contributed by atoms with Crippen LogP contribution in [0.3, 0.4) is 0 Å². The molecular formula is C53H70N6O10. The average molecular weight is 951 g/mol. The van der Waals surface area contributed by atoms with E-state index < -0.39 is 59.5 Å². The molecule has 0 unspecified atom stereocenters. The Labute approximate surface area is 406 Å². The first kappa shape index (κ1) is 56.1. The van der Waals surface area contributed by atoms with Gasteiger partial charge in [-0.15, -0.1) is 0 Å². The molecule has 4 aromatic rings. The lowest BCUT2D eigenvalue weighted by atomic mass is 9.94. The number of nitrogens with one attached hydrogen (secondary N) is 4. The van der Waals surface area contributed by atoms with E-state index in [1.165, 1.54) is 0 Å². The van der Waals surface area contributed by atoms with Crippen molar-refractivity contribution in [3.8, 4) is 0 Å². The molecule has 0 saturated carbocycles. The Bertz CT molecular complexity index is 2170. The Morgan fingerprint density at radius 3 is 1.29 bits per heavy atom. The first-order valence-electron chi connectivity index (χ1n) is 23.4. The molecule has 0 aliphatic heterocycles. The van der Waals surface area contributed by atoms with Crippen molar-refractivity contribution in [3.05, 3.63) is 144 Å². The highest BCUT2D eigenvalue weighted by Gasteiger charge is 2.29. The summed E-state index contributed by atoms with van der Waals surface area (Å²) in [6.07, 6.45) is 2.83. The van der Waals surface area contributed by atoms with E-state index in [-0.39, 0.29) is 31.5 Å². The molecule has 8 N–H and O–H groups in total. The molecule has 4 rings (SSSR count). The molecule has 372 valence electrons. The van der Waals surface area contributed by atoms with Crippen LogP contribution in [0.1, 0.15) is 94.9 Å². The number of primary amides is 2. The summed E-state index contributed by atoms with van der Waals surface area (Å²) in [5, 5.41) is 10.8. The Balaban J connectivity index is 0.000000373. The second-order valence-corrected chi connectivity index (χ2v) is 17.7. The Hall–Kier alpha value is -7.23. The van der Waals surface area contributed by atoms with E-state index >= 15 is 0 Å². The highest BCUT2D eigenvalue weighted by molar-refractivity contribution is 5.89. The van der Waals surface area contributed by atoms with E-state index in [2.05, 4.69) is 21.3 Å². The molecule has 4 atom stereocenters. The molecule has 0 saturated heterocycles. The number of benzene rings is 4. The van der Waals surface area contributed by atoms with Crippen LogP contribution in [-0.4, -0.2) is 72.6 Å². The number of amides is 6. The number of alkyl carbamates (subject to hydrolysis) is 2. The predicted molar refractivity (Wildman–Crippen MR) is 263 cm³/mol. The van der Waals surface area contributed by atoms with Crippen molar-refractivity contribution in [1.82, 2.24) is 21.3 Å². The van der Waals surface area contributed by atoms with E-state index in [0.717, 1.165) is 22.3 Å². The zero-order chi connectivity index (χ0) is 50.4. The normalized spacial score (nSPS) is 12.5. The molecule has 0 aliphatic carbocycles. The largest absolute Gasteiger partial charge is 0.460 e. The number of esters is 1. The fourth-order valence-corrected chi connectivity index (χ4v) is 6.85. The molecule has 0 heterocycles. The fraction of sp³-hybridized carbons (Fsp3) is 0.415. The number of hydrogen-bond acceptors (Lipinski definition) is 10. The quantitative estimate of drug-likeness (QED) is 0.0224. The lowest BCUT2D eigenvalue weighted by Crippen LogP contribution is -2.47. The molecule has 0 spiro atoms. The Morgan fingerprint density at radius 2 is 0.899 bits per heavy atom. The van der Waals surface area contributed by atoms with Gasteiger partial charge < -0.3 is 46.9 Å². The lowest BCUT2D eigenvalue weighted by Gasteiger charge is -2.23. The minimum atomic E-state index is -0.899. The summed E-state index contributed by atoms with van der Waals surface area (Å²) < 4.78 is 15.7. The maximum Gasteiger partial charge on any atom is 0.407 e. The van der Waals surface area contributed by atoms with Crippen molar-refractivity contribution in [1.29, 1.82) is 0 Å². The number of unbranched alkanes of at least 4 members (excludes halogenated alkanes) is 2. The van der Waals surface area contributed by atoms with Crippen LogP contribution in [0.2, 0.25) is 0 Å². The maximum absolute atomic E-state index is 13.1. The summed E-state index contributed by atoms with van der Waals surface area (Å²) in [5.41, 5.74) is 14.1. The van der Waals surface area contributed by atoms with Gasteiger partial charge in [0.2, 0.25) is 23.6 Å². The van der Waals surface area contributed by atoms with Gasteiger partial charge in [0.25, 0.3) is 0 Å². The topological polar surface area (TPSA) is 247 Å². The summed E-state index contributed by atoms with van der Waals surface area (Å²) in [6, 6.07) is 36.2. The molecular weight excluding hydrogens is 881 g/mol. The molecule has 0 aliphatic rings. The molecule has 6 amide bonds. The molecule has 69 heavy (non-hydrogen) atoms. The highest BCUT2D eigenvalue weighted by atomic mass is 16.6. The minimum absolute atomic E-state index is 0.126. The van der Waals surface area contributed by atoms with Crippen LogP contribution in [0.25, 0.3) is 0 Å². The van der Waals surface area contributed by atoms with Gasteiger partial charge in [-0.1, -0.05) is 128 Å². The summed E-state index contributed by atoms with van der Waals surface area (Å²) in [7, 11) is 0. The van der Waals surface area contributed by atoms with Crippen molar-refractivity contribution in [2.24, 2.45) is 23.3 Å². The van der Waals surface area contributed by atoms with Crippen molar-refractivity contribution < 1.29 is 47.8 Å². The van der Waals surface area contributed by atoms with E-state index in [4.69, 9.17) is 25.7 Å². The van der Waals surface area contributed by atoms with E-state index in [1.807, 2.05) is 128 Å². The first-order valence-corrected chi connectivity index (χ1v) is 23.4. The van der Waals surface area contributed by atoms with Gasteiger partial charge in [0.05, 0.1) is 12.3 Å². The number of carbonyl (C=O) groups excluding carboxylic acids is 7. The van der Waals surface area contributed by atoms with Gasteiger partial charge in [-0.25, -0.2) is 9.59 Å². The summed E-state index contributed by atoms with van der Waals surface area (Å²) in [6.45, 7) is 8.26. The standard InChI is InChI=1S/C29H39N3O6.C24H31N3O4/c1-29(2,3)38-25(33)19-23(18-21-12-6-4-7-13-21)27(35)32-24(26(30)34)16-10-11-17-31-28(36)37-20-22-14-8-5-9-15-22;1-18(16-19-10-4-2-5-11-19)23(29)27-21(22(25)28)14-8-9-15-26-24(30)31-17-20-12-6-3-7-13-20/h4-9,12-15,23-24H,10-11,16-20H2,1-3H3,(H2,30,34)(H,31,36)(H,32,35);2-7,10-13,18,21H,8-9,14-17H2,1H3,(H2,25,28)(H,26,30)(H,27,29)/t23-,24+;18-,21-/m10/s1. The van der Waals surface area contributed by atoms with Crippen LogP contribution in [-0.2, 0) is 64.2 Å². The summed E-state index contributed by atoms with van der Waals surface area (Å²) in [5.74, 6) is -3.35. The summed E-state index contributed by atoms with van der Waals surface area (Å²) >= 11 is 0. The van der Waals surface area contributed by atoms with Crippen LogP contribution in [0, 0.1) is 11.8 Å². The third-order valence-electron chi connectivity index (χ3n) is 10.5. The van der Waals surface area contributed by atoms with Gasteiger partial charge in [0.15, 0.2) is 0 Å². The third kappa shape index (κ3) is 24.9. The van der Waals surface area contributed by atoms with Crippen LogP contribution in [0.15, 0.2) is 121 Å². The minimum Gasteiger partial charge on any atom is -0.460 e. The fourth-order valence-electron chi connectivity index (χ4n) is 6.85. The molecule has 16 heteroatoms. The van der Waals surface area contributed by atoms with E-state index in [1.54, 1.807) is 20.8 Å². The predicted octanol–water partition coefficient (Wildman–Crippen LogP) is 6.58. The van der Waals surface area contributed by atoms with Crippen molar-refractivity contribution in [2.45, 2.75) is 116 Å². The second kappa shape index (κ2) is 30.9. The van der Waals surface area contributed by atoms with Gasteiger partial charge in [0.1, 0.15) is 30.9 Å². The number of nitrogens with two attached hydrogens (primary N) is 2. The van der Waals surface area contributed by atoms with Crippen LogP contribution in [0.5, 0.6) is 0 Å². The number of carbonyl (C=O) groups is 7. The van der Waals surface area contributed by atoms with Gasteiger partial charge in [0, 0.05) is 19.0 Å². The molecule has 0 aromatic heterocycles. The van der Waals surface area contributed by atoms with Crippen molar-refractivity contribution in [3.63, 3.8) is 0 Å². The zero-order valence-corrected chi connectivity index (χ0v) is 40.3. The van der Waals surface area contributed by atoms with Gasteiger partial charge in [-0.05, 0) is 94.4 Å². The van der Waals surface area contributed by atoms with Crippen LogP contribution >= 0.6 is 0 Å². The van der Waals surface area contributed by atoms with Gasteiger partial charge in [-0.2, -0.15) is 0 Å². The maximum atomic E-state index is 13.1. The van der Waals surface area contributed by atoms with Gasteiger partial charge in [-0.3, -0.25) is 24.0 Å². The Kier molecular flexibility index (Phi) is 25.2. The number of ether oxygens (including phenoxy) is 3. The molecule has 0 fully saturated rings. The zero-order valence-electron chi connectivity index (χ0n) is 40.3. The lowest BCUT2D eigenvalue weighted by molar-refractivity contribution is -0.157. The van der Waals surface area contributed by atoms with Crippen molar-refractivity contribution in [2.75, 3.05) is 13.1 Å². The summed E-state index contributed by atoms with van der Waals surface area (Å²) in [4.78, 5) is 85.4. The number of hydrogen-bond donors (Lipinski definition) is 6. The molecule has 4 aromatic carbocycles. The first-order chi connectivity index (χ1) is 33.0. The molecule has 0 radical (unpaired) electrons. The molecule has 0 bridgehead atoms. The smallest absolute Gasteiger partial charge is 0.407 e. The van der Waals surface area contributed by atoms with Gasteiger partial charge >= 0.3 is 18.2 Å². The highest BCUT2D eigenvalue weighted by Crippen LogP contribution is 2.18.